The lowest BCUT2D eigenvalue weighted by molar-refractivity contribution is -0.131. The Bertz CT molecular complexity index is 360. The van der Waals surface area contributed by atoms with Crippen LogP contribution in [0.2, 0.25) is 0 Å². The minimum Gasteiger partial charge on any atom is -0.426 e. The third kappa shape index (κ3) is 2.57. The van der Waals surface area contributed by atoms with Crippen molar-refractivity contribution in [2.45, 2.75) is 12.8 Å². The van der Waals surface area contributed by atoms with Crippen LogP contribution in [-0.4, -0.2) is 12.3 Å². The number of ether oxygens (including phenoxy) is 1. The molecule has 0 saturated carbocycles. The Balaban J connectivity index is 3.04. The molecule has 0 bridgehead atoms. The zero-order valence-electron chi connectivity index (χ0n) is 7.62. The monoisotopic (exact) mass is 212 g/mol. The second kappa shape index (κ2) is 4.77. The molecule has 3 nitrogen and oxygen atoms in total. The smallest absolute Gasteiger partial charge is 0.308 e. The molecule has 1 aromatic carbocycles. The summed E-state index contributed by atoms with van der Waals surface area (Å²) in [5.74, 6) is 0.134. The van der Waals surface area contributed by atoms with Gasteiger partial charge in [-0.25, -0.2) is 0 Å². The zero-order valence-corrected chi connectivity index (χ0v) is 8.38. The molecule has 0 aliphatic rings. The zero-order chi connectivity index (χ0) is 10.6. The van der Waals surface area contributed by atoms with E-state index in [1.807, 2.05) is 0 Å². The molecule has 0 radical (unpaired) electrons. The van der Waals surface area contributed by atoms with Crippen molar-refractivity contribution in [1.29, 1.82) is 0 Å². The van der Waals surface area contributed by atoms with Crippen LogP contribution in [0.5, 0.6) is 5.75 Å². The van der Waals surface area contributed by atoms with Crippen LogP contribution in [0, 0.1) is 0 Å². The van der Waals surface area contributed by atoms with E-state index >= 15 is 0 Å². The number of carbonyl (C=O) groups is 2. The van der Waals surface area contributed by atoms with Gasteiger partial charge < -0.3 is 4.74 Å². The molecule has 0 aliphatic heterocycles. The summed E-state index contributed by atoms with van der Waals surface area (Å²) in [7, 11) is 0. The van der Waals surface area contributed by atoms with Crippen LogP contribution in [-0.2, 0) is 10.7 Å². The first-order valence-electron chi connectivity index (χ1n) is 4.00. The molecule has 0 saturated heterocycles. The van der Waals surface area contributed by atoms with E-state index in [-0.39, 0.29) is 5.75 Å². The first kappa shape index (κ1) is 10.7. The van der Waals surface area contributed by atoms with Gasteiger partial charge in [0.15, 0.2) is 6.29 Å². The first-order valence-corrected chi connectivity index (χ1v) is 4.53. The molecule has 1 aromatic rings. The predicted molar refractivity (Wildman–Crippen MR) is 52.7 cm³/mol. The van der Waals surface area contributed by atoms with Gasteiger partial charge in [0.25, 0.3) is 0 Å². The number of alkyl halides is 1. The summed E-state index contributed by atoms with van der Waals surface area (Å²) in [5.41, 5.74) is 1.14. The SMILES string of the molecule is CC(=O)Oc1ccc(CCl)cc1C=O. The van der Waals surface area contributed by atoms with E-state index in [0.29, 0.717) is 17.7 Å². The van der Waals surface area contributed by atoms with Gasteiger partial charge in [0.05, 0.1) is 5.56 Å². The van der Waals surface area contributed by atoms with Gasteiger partial charge in [0.1, 0.15) is 5.75 Å². The van der Waals surface area contributed by atoms with Crippen molar-refractivity contribution in [1.82, 2.24) is 0 Å². The van der Waals surface area contributed by atoms with Crippen molar-refractivity contribution >= 4 is 23.9 Å². The van der Waals surface area contributed by atoms with Crippen LogP contribution >= 0.6 is 11.6 Å². The second-order valence-electron chi connectivity index (χ2n) is 2.72. The van der Waals surface area contributed by atoms with Gasteiger partial charge in [-0.2, -0.15) is 0 Å². The highest BCUT2D eigenvalue weighted by Gasteiger charge is 2.06. The molecule has 0 spiro atoms. The number of hydrogen-bond acceptors (Lipinski definition) is 3. The Morgan fingerprint density at radius 1 is 1.57 bits per heavy atom. The molecule has 4 heteroatoms. The Hall–Kier alpha value is -1.35. The molecule has 74 valence electrons. The van der Waals surface area contributed by atoms with E-state index in [2.05, 4.69) is 0 Å². The number of carbonyl (C=O) groups excluding carboxylic acids is 2. The predicted octanol–water partition coefficient (Wildman–Crippen LogP) is 2.16. The highest BCUT2D eigenvalue weighted by Crippen LogP contribution is 2.19. The van der Waals surface area contributed by atoms with Crippen molar-refractivity contribution in [3.63, 3.8) is 0 Å². The van der Waals surface area contributed by atoms with Crippen LogP contribution in [0.1, 0.15) is 22.8 Å². The van der Waals surface area contributed by atoms with Crippen LogP contribution in [0.25, 0.3) is 0 Å². The number of halogens is 1. The molecule has 14 heavy (non-hydrogen) atoms. The van der Waals surface area contributed by atoms with Gasteiger partial charge in [-0.3, -0.25) is 9.59 Å². The fourth-order valence-electron chi connectivity index (χ4n) is 1.02. The van der Waals surface area contributed by atoms with Crippen molar-refractivity contribution in [2.24, 2.45) is 0 Å². The first-order chi connectivity index (χ1) is 6.67. The summed E-state index contributed by atoms with van der Waals surface area (Å²) < 4.78 is 4.82. The molecule has 1 rings (SSSR count). The van der Waals surface area contributed by atoms with Crippen LogP contribution in [0.4, 0.5) is 0 Å². The van der Waals surface area contributed by atoms with E-state index < -0.39 is 5.97 Å². The molecule has 0 atom stereocenters. The molecule has 0 N–H and O–H groups in total. The summed E-state index contributed by atoms with van der Waals surface area (Å²) >= 11 is 5.59. The lowest BCUT2D eigenvalue weighted by Gasteiger charge is -2.05. The van der Waals surface area contributed by atoms with Crippen molar-refractivity contribution in [3.05, 3.63) is 29.3 Å². The van der Waals surface area contributed by atoms with Gasteiger partial charge in [-0.1, -0.05) is 6.07 Å². The second-order valence-corrected chi connectivity index (χ2v) is 2.98. The topological polar surface area (TPSA) is 43.4 Å². The maximum Gasteiger partial charge on any atom is 0.308 e. The van der Waals surface area contributed by atoms with E-state index in [0.717, 1.165) is 5.56 Å². The molecule has 0 fully saturated rings. The van der Waals surface area contributed by atoms with Gasteiger partial charge >= 0.3 is 5.97 Å². The minimum absolute atomic E-state index is 0.265. The fourth-order valence-corrected chi connectivity index (χ4v) is 1.19. The summed E-state index contributed by atoms with van der Waals surface area (Å²) in [4.78, 5) is 21.3. The minimum atomic E-state index is -0.452. The Morgan fingerprint density at radius 2 is 2.29 bits per heavy atom. The average molecular weight is 213 g/mol. The number of esters is 1. The Kier molecular flexibility index (Phi) is 3.65. The van der Waals surface area contributed by atoms with E-state index in [1.54, 1.807) is 18.2 Å². The molecule has 0 heterocycles. The summed E-state index contributed by atoms with van der Waals surface area (Å²) in [6.07, 6.45) is 0.633. The van der Waals surface area contributed by atoms with E-state index in [1.165, 1.54) is 6.92 Å². The molecule has 0 aromatic heterocycles. The standard InChI is InChI=1S/C10H9ClO3/c1-7(13)14-10-3-2-8(5-11)4-9(10)6-12/h2-4,6H,5H2,1H3. The summed E-state index contributed by atoms with van der Waals surface area (Å²) in [5, 5.41) is 0. The number of benzene rings is 1. The normalized spacial score (nSPS) is 9.57. The quantitative estimate of drug-likeness (QED) is 0.334. The molecular formula is C10H9ClO3. The van der Waals surface area contributed by atoms with Crippen molar-refractivity contribution < 1.29 is 14.3 Å². The van der Waals surface area contributed by atoms with Gasteiger partial charge in [0, 0.05) is 12.8 Å². The highest BCUT2D eigenvalue weighted by atomic mass is 35.5. The van der Waals surface area contributed by atoms with Crippen molar-refractivity contribution in [2.75, 3.05) is 0 Å². The van der Waals surface area contributed by atoms with Crippen LogP contribution in [0.15, 0.2) is 18.2 Å². The molecular weight excluding hydrogens is 204 g/mol. The summed E-state index contributed by atoms with van der Waals surface area (Å²) in [6.45, 7) is 1.28. The molecule has 0 amide bonds. The van der Waals surface area contributed by atoms with E-state index in [4.69, 9.17) is 16.3 Å². The lowest BCUT2D eigenvalue weighted by atomic mass is 10.1. The average Bonchev–Trinajstić information content (AvgIpc) is 2.17. The number of hydrogen-bond donors (Lipinski definition) is 0. The maximum atomic E-state index is 10.7. The third-order valence-electron chi connectivity index (χ3n) is 1.61. The van der Waals surface area contributed by atoms with Gasteiger partial charge in [0.2, 0.25) is 0 Å². The van der Waals surface area contributed by atoms with Crippen LogP contribution < -0.4 is 4.74 Å². The van der Waals surface area contributed by atoms with Gasteiger partial charge in [-0.15, -0.1) is 11.6 Å². The molecule has 0 unspecified atom stereocenters. The number of aldehydes is 1. The Labute approximate surface area is 86.6 Å². The Morgan fingerprint density at radius 3 is 2.79 bits per heavy atom. The summed E-state index contributed by atoms with van der Waals surface area (Å²) in [6, 6.07) is 4.86. The maximum absolute atomic E-state index is 10.7. The largest absolute Gasteiger partial charge is 0.426 e. The van der Waals surface area contributed by atoms with E-state index in [9.17, 15) is 9.59 Å². The fraction of sp³-hybridized carbons (Fsp3) is 0.200. The van der Waals surface area contributed by atoms with Crippen LogP contribution in [0.3, 0.4) is 0 Å². The van der Waals surface area contributed by atoms with Crippen molar-refractivity contribution in [3.8, 4) is 5.75 Å². The lowest BCUT2D eigenvalue weighted by Crippen LogP contribution is -2.04. The van der Waals surface area contributed by atoms with Gasteiger partial charge in [-0.05, 0) is 17.7 Å². The number of rotatable bonds is 3. The molecule has 0 aliphatic carbocycles. The highest BCUT2D eigenvalue weighted by molar-refractivity contribution is 6.17. The third-order valence-corrected chi connectivity index (χ3v) is 1.92.